The molecule has 112 valence electrons. The molecule has 1 rings (SSSR count). The van der Waals surface area contributed by atoms with Gasteiger partial charge >= 0.3 is 0 Å². The van der Waals surface area contributed by atoms with Crippen LogP contribution >= 0.6 is 0 Å². The summed E-state index contributed by atoms with van der Waals surface area (Å²) in [5.41, 5.74) is 0.884. The second-order valence-corrected chi connectivity index (χ2v) is 5.95. The molecule has 0 aliphatic rings. The van der Waals surface area contributed by atoms with Gasteiger partial charge in [0.2, 0.25) is 5.91 Å². The van der Waals surface area contributed by atoms with Crippen molar-refractivity contribution in [3.63, 3.8) is 0 Å². The van der Waals surface area contributed by atoms with E-state index in [1.807, 2.05) is 37.3 Å². The van der Waals surface area contributed by atoms with Crippen LogP contribution in [0.1, 0.15) is 33.6 Å². The van der Waals surface area contributed by atoms with Gasteiger partial charge < -0.3 is 15.7 Å². The predicted molar refractivity (Wildman–Crippen MR) is 82.6 cm³/mol. The largest absolute Gasteiger partial charge is 0.396 e. The highest BCUT2D eigenvalue weighted by Gasteiger charge is 2.20. The molecule has 0 radical (unpaired) electrons. The van der Waals surface area contributed by atoms with E-state index >= 15 is 0 Å². The van der Waals surface area contributed by atoms with Gasteiger partial charge in [-0.05, 0) is 37.3 Å². The third kappa shape index (κ3) is 6.17. The van der Waals surface area contributed by atoms with E-state index in [4.69, 9.17) is 5.11 Å². The minimum Gasteiger partial charge on any atom is -0.396 e. The zero-order valence-electron chi connectivity index (χ0n) is 12.6. The first-order chi connectivity index (χ1) is 9.44. The number of rotatable bonds is 8. The van der Waals surface area contributed by atoms with Crippen molar-refractivity contribution in [2.45, 2.75) is 39.7 Å². The zero-order valence-corrected chi connectivity index (χ0v) is 12.6. The van der Waals surface area contributed by atoms with E-state index in [-0.39, 0.29) is 24.0 Å². The Hall–Kier alpha value is -1.39. The average Bonchev–Trinajstić information content (AvgIpc) is 2.44. The number of hydrogen-bond acceptors (Lipinski definition) is 3. The smallest absolute Gasteiger partial charge is 0.241 e. The van der Waals surface area contributed by atoms with E-state index in [1.165, 1.54) is 0 Å². The van der Waals surface area contributed by atoms with Crippen molar-refractivity contribution in [3.8, 4) is 0 Å². The van der Waals surface area contributed by atoms with E-state index in [0.29, 0.717) is 0 Å². The normalized spacial score (nSPS) is 13.0. The van der Waals surface area contributed by atoms with Gasteiger partial charge in [0, 0.05) is 18.8 Å². The number of anilines is 1. The predicted octanol–water partition coefficient (Wildman–Crippen LogP) is 2.40. The number of carbonyl (C=O) groups excluding carboxylic acids is 1. The molecule has 1 atom stereocenters. The van der Waals surface area contributed by atoms with Crippen molar-refractivity contribution >= 4 is 11.6 Å². The van der Waals surface area contributed by atoms with Gasteiger partial charge in [0.05, 0.1) is 6.04 Å². The van der Waals surface area contributed by atoms with Crippen LogP contribution in [-0.2, 0) is 4.79 Å². The number of benzene rings is 1. The Balaban J connectivity index is 2.38. The van der Waals surface area contributed by atoms with E-state index in [1.54, 1.807) is 0 Å². The molecule has 0 aliphatic carbocycles. The lowest BCUT2D eigenvalue weighted by atomic mass is 9.87. The molecule has 4 nitrogen and oxygen atoms in total. The van der Waals surface area contributed by atoms with Crippen LogP contribution in [0.5, 0.6) is 0 Å². The van der Waals surface area contributed by atoms with Crippen molar-refractivity contribution in [3.05, 3.63) is 30.3 Å². The summed E-state index contributed by atoms with van der Waals surface area (Å²) in [6.07, 6.45) is 1.72. The molecule has 0 saturated heterocycles. The Kier molecular flexibility index (Phi) is 6.68. The highest BCUT2D eigenvalue weighted by atomic mass is 16.2. The van der Waals surface area contributed by atoms with E-state index < -0.39 is 0 Å². The third-order valence-corrected chi connectivity index (χ3v) is 3.33. The monoisotopic (exact) mass is 278 g/mol. The van der Waals surface area contributed by atoms with Gasteiger partial charge in [-0.3, -0.25) is 4.79 Å². The number of hydrogen-bond donors (Lipinski definition) is 3. The molecule has 1 aromatic rings. The lowest BCUT2D eigenvalue weighted by molar-refractivity contribution is -0.117. The maximum Gasteiger partial charge on any atom is 0.241 e. The maximum atomic E-state index is 12.0. The molecule has 1 amide bonds. The molecule has 0 aromatic heterocycles. The molecular weight excluding hydrogens is 252 g/mol. The Morgan fingerprint density at radius 3 is 2.55 bits per heavy atom. The summed E-state index contributed by atoms with van der Waals surface area (Å²) in [5.74, 6) is -0.0332. The van der Waals surface area contributed by atoms with Crippen molar-refractivity contribution in [1.29, 1.82) is 0 Å². The van der Waals surface area contributed by atoms with Crippen molar-refractivity contribution < 1.29 is 9.90 Å². The number of nitrogens with one attached hydrogen (secondary N) is 2. The quantitative estimate of drug-likeness (QED) is 0.684. The SMILES string of the molecule is CC(NCC(C)(C)CCCO)C(=O)Nc1ccccc1. The summed E-state index contributed by atoms with van der Waals surface area (Å²) < 4.78 is 0. The van der Waals surface area contributed by atoms with Crippen LogP contribution in [0.25, 0.3) is 0 Å². The molecule has 0 fully saturated rings. The fraction of sp³-hybridized carbons (Fsp3) is 0.562. The van der Waals surface area contributed by atoms with Crippen LogP contribution < -0.4 is 10.6 Å². The highest BCUT2D eigenvalue weighted by Crippen LogP contribution is 2.21. The lowest BCUT2D eigenvalue weighted by Gasteiger charge is -2.26. The standard InChI is InChI=1S/C16H26N2O2/c1-13(17-12-16(2,3)10-7-11-19)15(20)18-14-8-5-4-6-9-14/h4-6,8-9,13,17,19H,7,10-12H2,1-3H3,(H,18,20). The van der Waals surface area contributed by atoms with E-state index in [2.05, 4.69) is 24.5 Å². The zero-order chi connectivity index (χ0) is 15.0. The van der Waals surface area contributed by atoms with Gasteiger partial charge in [-0.2, -0.15) is 0 Å². The fourth-order valence-electron chi connectivity index (χ4n) is 1.94. The molecule has 0 spiro atoms. The number of amides is 1. The van der Waals surface area contributed by atoms with E-state index in [9.17, 15) is 4.79 Å². The van der Waals surface area contributed by atoms with Gasteiger partial charge in [-0.1, -0.05) is 32.0 Å². The lowest BCUT2D eigenvalue weighted by Crippen LogP contribution is -2.42. The van der Waals surface area contributed by atoms with Crippen LogP contribution in [0.2, 0.25) is 0 Å². The van der Waals surface area contributed by atoms with Crippen molar-refractivity contribution in [1.82, 2.24) is 5.32 Å². The Labute approximate surface area is 121 Å². The minimum atomic E-state index is -0.247. The summed E-state index contributed by atoms with van der Waals surface area (Å²) in [7, 11) is 0. The van der Waals surface area contributed by atoms with Crippen LogP contribution in [0.15, 0.2) is 30.3 Å². The first-order valence-electron chi connectivity index (χ1n) is 7.15. The average molecular weight is 278 g/mol. The molecule has 1 aromatic carbocycles. The molecule has 0 heterocycles. The second kappa shape index (κ2) is 8.02. The Morgan fingerprint density at radius 2 is 1.95 bits per heavy atom. The molecule has 1 unspecified atom stereocenters. The molecule has 0 aliphatic heterocycles. The van der Waals surface area contributed by atoms with Crippen LogP contribution in [0, 0.1) is 5.41 Å². The number of aliphatic hydroxyl groups excluding tert-OH is 1. The molecule has 4 heteroatoms. The second-order valence-electron chi connectivity index (χ2n) is 5.95. The van der Waals surface area contributed by atoms with Gasteiger partial charge in [0.25, 0.3) is 0 Å². The first-order valence-corrected chi connectivity index (χ1v) is 7.15. The topological polar surface area (TPSA) is 61.4 Å². The Bertz CT molecular complexity index is 404. The Morgan fingerprint density at radius 1 is 1.30 bits per heavy atom. The first kappa shape index (κ1) is 16.7. The van der Waals surface area contributed by atoms with Gasteiger partial charge in [0.15, 0.2) is 0 Å². The summed E-state index contributed by atoms with van der Waals surface area (Å²) >= 11 is 0. The fourth-order valence-corrected chi connectivity index (χ4v) is 1.94. The highest BCUT2D eigenvalue weighted by molar-refractivity contribution is 5.94. The molecular formula is C16H26N2O2. The van der Waals surface area contributed by atoms with Gasteiger partial charge in [0.1, 0.15) is 0 Å². The minimum absolute atomic E-state index is 0.0332. The van der Waals surface area contributed by atoms with Gasteiger partial charge in [-0.25, -0.2) is 0 Å². The number of carbonyl (C=O) groups is 1. The number of para-hydroxylation sites is 1. The maximum absolute atomic E-state index is 12.0. The summed E-state index contributed by atoms with van der Waals surface area (Å²) in [4.78, 5) is 12.0. The van der Waals surface area contributed by atoms with Crippen LogP contribution in [-0.4, -0.2) is 30.2 Å². The number of aliphatic hydroxyl groups is 1. The third-order valence-electron chi connectivity index (χ3n) is 3.33. The summed E-state index contributed by atoms with van der Waals surface area (Å²) in [6.45, 7) is 7.10. The van der Waals surface area contributed by atoms with E-state index in [0.717, 1.165) is 25.1 Å². The summed E-state index contributed by atoms with van der Waals surface area (Å²) in [5, 5.41) is 15.0. The van der Waals surface area contributed by atoms with Crippen LogP contribution in [0.3, 0.4) is 0 Å². The molecule has 0 bridgehead atoms. The molecule has 3 N–H and O–H groups in total. The molecule has 20 heavy (non-hydrogen) atoms. The van der Waals surface area contributed by atoms with Crippen molar-refractivity contribution in [2.24, 2.45) is 5.41 Å². The van der Waals surface area contributed by atoms with Crippen LogP contribution in [0.4, 0.5) is 5.69 Å². The molecule has 0 saturated carbocycles. The van der Waals surface area contributed by atoms with Crippen molar-refractivity contribution in [2.75, 3.05) is 18.5 Å². The van der Waals surface area contributed by atoms with Gasteiger partial charge in [-0.15, -0.1) is 0 Å². The summed E-state index contributed by atoms with van der Waals surface area (Å²) in [6, 6.07) is 9.20.